The fourth-order valence-electron chi connectivity index (χ4n) is 3.90. The van der Waals surface area contributed by atoms with Gasteiger partial charge in [0, 0.05) is 18.0 Å². The van der Waals surface area contributed by atoms with Gasteiger partial charge in [-0.15, -0.1) is 11.3 Å². The largest absolute Gasteiger partial charge is 0.338 e. The number of carbonyl (C=O) groups excluding carboxylic acids is 3. The van der Waals surface area contributed by atoms with Crippen molar-refractivity contribution in [3.05, 3.63) is 21.4 Å². The zero-order valence-electron chi connectivity index (χ0n) is 13.5. The number of carbonyl (C=O) groups is 3. The zero-order valence-corrected chi connectivity index (χ0v) is 14.3. The van der Waals surface area contributed by atoms with Gasteiger partial charge in [-0.2, -0.15) is 0 Å². The molecule has 6 nitrogen and oxygen atoms in total. The molecule has 0 bridgehead atoms. The van der Waals surface area contributed by atoms with Crippen molar-refractivity contribution in [2.75, 3.05) is 13.1 Å². The van der Waals surface area contributed by atoms with E-state index in [9.17, 15) is 14.4 Å². The summed E-state index contributed by atoms with van der Waals surface area (Å²) in [5.74, 6) is -0.199. The van der Waals surface area contributed by atoms with Gasteiger partial charge < -0.3 is 10.2 Å². The number of fused-ring (bicyclic) bond motifs is 1. The van der Waals surface area contributed by atoms with Crippen molar-refractivity contribution in [3.8, 4) is 0 Å². The SMILES string of the molecule is O=C1NC(=O)C2(CCN(C(=O)c3cc4c(s3)CCCCC4)CC2)N1. The molecule has 7 heteroatoms. The number of urea groups is 1. The Kier molecular flexibility index (Phi) is 3.83. The molecule has 24 heavy (non-hydrogen) atoms. The van der Waals surface area contributed by atoms with Gasteiger partial charge in [0.05, 0.1) is 4.88 Å². The molecule has 0 radical (unpaired) electrons. The Morgan fingerprint density at radius 2 is 1.88 bits per heavy atom. The number of hydrogen-bond donors (Lipinski definition) is 2. The predicted molar refractivity (Wildman–Crippen MR) is 90.1 cm³/mol. The van der Waals surface area contributed by atoms with Crippen molar-refractivity contribution in [2.24, 2.45) is 0 Å². The first-order chi connectivity index (χ1) is 11.6. The fraction of sp³-hybridized carbons (Fsp3) is 0.588. The van der Waals surface area contributed by atoms with Crippen LogP contribution >= 0.6 is 11.3 Å². The molecule has 3 heterocycles. The van der Waals surface area contributed by atoms with Crippen LogP contribution in [0.5, 0.6) is 0 Å². The second-order valence-electron chi connectivity index (χ2n) is 6.90. The molecule has 4 rings (SSSR count). The Balaban J connectivity index is 1.45. The van der Waals surface area contributed by atoms with E-state index in [1.54, 1.807) is 11.3 Å². The highest BCUT2D eigenvalue weighted by Gasteiger charge is 2.48. The molecule has 3 aliphatic rings. The van der Waals surface area contributed by atoms with E-state index >= 15 is 0 Å². The summed E-state index contributed by atoms with van der Waals surface area (Å²) in [6.07, 6.45) is 6.80. The predicted octanol–water partition coefficient (Wildman–Crippen LogP) is 1.83. The minimum Gasteiger partial charge on any atom is -0.338 e. The second-order valence-corrected chi connectivity index (χ2v) is 8.04. The van der Waals surface area contributed by atoms with Crippen molar-refractivity contribution in [2.45, 2.75) is 50.5 Å². The second kappa shape index (κ2) is 5.88. The number of piperidine rings is 1. The highest BCUT2D eigenvalue weighted by Crippen LogP contribution is 2.31. The third-order valence-electron chi connectivity index (χ3n) is 5.38. The number of rotatable bonds is 1. The Labute approximate surface area is 144 Å². The molecule has 128 valence electrons. The Bertz CT molecular complexity index is 680. The summed E-state index contributed by atoms with van der Waals surface area (Å²) < 4.78 is 0. The number of imide groups is 1. The summed E-state index contributed by atoms with van der Waals surface area (Å²) in [7, 11) is 0. The van der Waals surface area contributed by atoms with E-state index in [1.807, 2.05) is 4.90 Å². The fourth-order valence-corrected chi connectivity index (χ4v) is 5.12. The highest BCUT2D eigenvalue weighted by molar-refractivity contribution is 7.14. The minimum atomic E-state index is -0.819. The lowest BCUT2D eigenvalue weighted by atomic mass is 9.87. The summed E-state index contributed by atoms with van der Waals surface area (Å²) >= 11 is 1.63. The van der Waals surface area contributed by atoms with Crippen LogP contribution in [0.15, 0.2) is 6.07 Å². The van der Waals surface area contributed by atoms with Gasteiger partial charge in [0.1, 0.15) is 5.54 Å². The van der Waals surface area contributed by atoms with Gasteiger partial charge in [0.15, 0.2) is 0 Å². The normalized spacial score (nSPS) is 22.8. The summed E-state index contributed by atoms with van der Waals surface area (Å²) in [6, 6.07) is 1.64. The van der Waals surface area contributed by atoms with Gasteiger partial charge in [-0.25, -0.2) is 4.79 Å². The van der Waals surface area contributed by atoms with Gasteiger partial charge in [0.2, 0.25) is 0 Å². The zero-order chi connectivity index (χ0) is 16.7. The van der Waals surface area contributed by atoms with Crippen molar-refractivity contribution in [3.63, 3.8) is 0 Å². The van der Waals surface area contributed by atoms with Crippen LogP contribution in [0.4, 0.5) is 4.79 Å². The molecule has 4 amide bonds. The van der Waals surface area contributed by atoms with E-state index in [0.29, 0.717) is 25.9 Å². The Morgan fingerprint density at radius 1 is 1.12 bits per heavy atom. The average molecular weight is 347 g/mol. The van der Waals surface area contributed by atoms with Crippen LogP contribution < -0.4 is 10.6 Å². The third kappa shape index (κ3) is 2.60. The molecule has 0 aromatic carbocycles. The average Bonchev–Trinajstić information content (AvgIpc) is 3.00. The maximum atomic E-state index is 12.8. The number of amides is 4. The first-order valence-electron chi connectivity index (χ1n) is 8.62. The van der Waals surface area contributed by atoms with Crippen LogP contribution in [-0.2, 0) is 17.6 Å². The van der Waals surface area contributed by atoms with E-state index in [-0.39, 0.29) is 11.8 Å². The van der Waals surface area contributed by atoms with Crippen molar-refractivity contribution in [1.29, 1.82) is 0 Å². The number of hydrogen-bond acceptors (Lipinski definition) is 4. The number of likely N-dealkylation sites (tertiary alicyclic amines) is 1. The lowest BCUT2D eigenvalue weighted by molar-refractivity contribution is -0.125. The summed E-state index contributed by atoms with van der Waals surface area (Å²) in [5.41, 5.74) is 0.525. The molecule has 1 aromatic rings. The lowest BCUT2D eigenvalue weighted by Gasteiger charge is -2.36. The molecule has 2 saturated heterocycles. The van der Waals surface area contributed by atoms with Crippen molar-refractivity contribution < 1.29 is 14.4 Å². The number of thiophene rings is 1. The summed E-state index contributed by atoms with van der Waals surface area (Å²) in [5, 5.41) is 5.03. The summed E-state index contributed by atoms with van der Waals surface area (Å²) in [6.45, 7) is 0.990. The molecular formula is C17H21N3O3S. The number of nitrogens with one attached hydrogen (secondary N) is 2. The standard InChI is InChI=1S/C17H21N3O3S/c21-14(13-10-11-4-2-1-3-5-12(11)24-13)20-8-6-17(7-9-20)15(22)18-16(23)19-17/h10H,1-9H2,(H2,18,19,22,23). The monoisotopic (exact) mass is 347 g/mol. The smallest absolute Gasteiger partial charge is 0.322 e. The minimum absolute atomic E-state index is 0.0626. The van der Waals surface area contributed by atoms with Gasteiger partial charge in [0.25, 0.3) is 11.8 Å². The molecule has 0 atom stereocenters. The van der Waals surface area contributed by atoms with Crippen molar-refractivity contribution in [1.82, 2.24) is 15.5 Å². The van der Waals surface area contributed by atoms with Gasteiger partial charge >= 0.3 is 6.03 Å². The van der Waals surface area contributed by atoms with Crippen LogP contribution in [0.25, 0.3) is 0 Å². The van der Waals surface area contributed by atoms with E-state index in [1.165, 1.54) is 29.7 Å². The first kappa shape index (κ1) is 15.6. The Morgan fingerprint density at radius 3 is 2.58 bits per heavy atom. The molecule has 0 saturated carbocycles. The van der Waals surface area contributed by atoms with Gasteiger partial charge in [-0.3, -0.25) is 14.9 Å². The van der Waals surface area contributed by atoms with Crippen LogP contribution in [0.1, 0.15) is 52.2 Å². The molecule has 1 spiro atoms. The molecule has 2 aliphatic heterocycles. The van der Waals surface area contributed by atoms with E-state index in [4.69, 9.17) is 0 Å². The number of nitrogens with zero attached hydrogens (tertiary/aromatic N) is 1. The van der Waals surface area contributed by atoms with Gasteiger partial charge in [-0.05, 0) is 50.2 Å². The quantitative estimate of drug-likeness (QED) is 0.601. The van der Waals surface area contributed by atoms with Gasteiger partial charge in [-0.1, -0.05) is 6.42 Å². The lowest BCUT2D eigenvalue weighted by Crippen LogP contribution is -2.55. The van der Waals surface area contributed by atoms with Crippen LogP contribution in [0, 0.1) is 0 Å². The Hall–Kier alpha value is -1.89. The van der Waals surface area contributed by atoms with Crippen molar-refractivity contribution >= 4 is 29.2 Å². The van der Waals surface area contributed by atoms with E-state index in [2.05, 4.69) is 16.7 Å². The number of aryl methyl sites for hydroxylation is 2. The maximum absolute atomic E-state index is 12.8. The molecule has 2 fully saturated rings. The third-order valence-corrected chi connectivity index (χ3v) is 6.60. The van der Waals surface area contributed by atoms with Crippen LogP contribution in [-0.4, -0.2) is 41.4 Å². The topological polar surface area (TPSA) is 78.5 Å². The molecule has 1 aliphatic carbocycles. The molecule has 0 unspecified atom stereocenters. The van der Waals surface area contributed by atoms with Crippen LogP contribution in [0.2, 0.25) is 0 Å². The van der Waals surface area contributed by atoms with E-state index in [0.717, 1.165) is 17.7 Å². The summed E-state index contributed by atoms with van der Waals surface area (Å²) in [4.78, 5) is 40.2. The molecule has 2 N–H and O–H groups in total. The van der Waals surface area contributed by atoms with E-state index < -0.39 is 11.6 Å². The first-order valence-corrected chi connectivity index (χ1v) is 9.43. The maximum Gasteiger partial charge on any atom is 0.322 e. The molecular weight excluding hydrogens is 326 g/mol. The van der Waals surface area contributed by atoms with Crippen LogP contribution in [0.3, 0.4) is 0 Å². The molecule has 1 aromatic heterocycles. The highest BCUT2D eigenvalue weighted by atomic mass is 32.1.